The molecule has 0 amide bonds. The Morgan fingerprint density at radius 3 is 2.29 bits per heavy atom. The molecule has 3 heteroatoms. The predicted octanol–water partition coefficient (Wildman–Crippen LogP) is 6.17. The van der Waals surface area contributed by atoms with Gasteiger partial charge in [0, 0.05) is 28.8 Å². The first kappa shape index (κ1) is 22.6. The molecular formula is C31H24N2O. The summed E-state index contributed by atoms with van der Waals surface area (Å²) in [6, 6.07) is 34.6. The summed E-state index contributed by atoms with van der Waals surface area (Å²) in [5, 5.41) is 12.7. The summed E-state index contributed by atoms with van der Waals surface area (Å²) in [6.07, 6.45) is 0.716. The number of ketones is 1. The molecule has 3 nitrogen and oxygen atoms in total. The van der Waals surface area contributed by atoms with E-state index in [2.05, 4.69) is 35.4 Å². The standard InChI is InChI=1S/C31H24N2O/c1-23-19-25(16-18-30(23)31(34)27-12-6-3-7-13-27)15-17-29(20-24-9-4-2-5-10-24)33-28-14-8-11-26(21-28)22-32/h2-14,16,18-19,21,29,33H,20H2,1H3. The average Bonchev–Trinajstić information content (AvgIpc) is 2.88. The molecule has 4 rings (SSSR count). The molecule has 0 heterocycles. The third-order valence-electron chi connectivity index (χ3n) is 5.51. The SMILES string of the molecule is Cc1cc(C#CC(Cc2ccccc2)Nc2cccc(C#N)c2)ccc1C(=O)c1ccccc1. The predicted molar refractivity (Wildman–Crippen MR) is 137 cm³/mol. The van der Waals surface area contributed by atoms with E-state index in [0.717, 1.165) is 16.8 Å². The quantitative estimate of drug-likeness (QED) is 0.288. The maximum absolute atomic E-state index is 12.8. The molecule has 34 heavy (non-hydrogen) atoms. The normalized spacial score (nSPS) is 10.9. The number of carbonyl (C=O) groups is 1. The van der Waals surface area contributed by atoms with Gasteiger partial charge in [0.2, 0.25) is 0 Å². The topological polar surface area (TPSA) is 52.9 Å². The maximum Gasteiger partial charge on any atom is 0.193 e. The summed E-state index contributed by atoms with van der Waals surface area (Å²) in [6.45, 7) is 1.94. The number of benzene rings is 4. The van der Waals surface area contributed by atoms with Crippen molar-refractivity contribution in [3.05, 3.63) is 137 Å². The lowest BCUT2D eigenvalue weighted by Gasteiger charge is -2.15. The smallest absolute Gasteiger partial charge is 0.193 e. The highest BCUT2D eigenvalue weighted by Crippen LogP contribution is 2.17. The molecule has 1 atom stereocenters. The molecule has 0 aliphatic rings. The van der Waals surface area contributed by atoms with Gasteiger partial charge in [0.1, 0.15) is 0 Å². The molecule has 0 saturated heterocycles. The molecule has 164 valence electrons. The van der Waals surface area contributed by atoms with Gasteiger partial charge in [-0.2, -0.15) is 5.26 Å². The van der Waals surface area contributed by atoms with Crippen molar-refractivity contribution < 1.29 is 4.79 Å². The van der Waals surface area contributed by atoms with E-state index in [1.807, 2.05) is 91.9 Å². The van der Waals surface area contributed by atoms with Gasteiger partial charge in [-0.05, 0) is 54.4 Å². The summed E-state index contributed by atoms with van der Waals surface area (Å²) in [7, 11) is 0. The molecule has 0 aliphatic carbocycles. The van der Waals surface area contributed by atoms with Gasteiger partial charge >= 0.3 is 0 Å². The van der Waals surface area contributed by atoms with Crippen LogP contribution in [0.25, 0.3) is 0 Å². The van der Waals surface area contributed by atoms with Crippen LogP contribution in [0, 0.1) is 30.1 Å². The Morgan fingerprint density at radius 1 is 0.853 bits per heavy atom. The van der Waals surface area contributed by atoms with Crippen LogP contribution in [0.5, 0.6) is 0 Å². The Balaban J connectivity index is 1.58. The summed E-state index contributed by atoms with van der Waals surface area (Å²) in [5.41, 5.74) is 5.74. The van der Waals surface area contributed by atoms with Gasteiger partial charge in [-0.3, -0.25) is 4.79 Å². The first-order valence-electron chi connectivity index (χ1n) is 11.1. The van der Waals surface area contributed by atoms with Crippen molar-refractivity contribution >= 4 is 11.5 Å². The number of anilines is 1. The monoisotopic (exact) mass is 440 g/mol. The van der Waals surface area contributed by atoms with Crippen LogP contribution in [0.2, 0.25) is 0 Å². The second-order valence-electron chi connectivity index (χ2n) is 8.07. The van der Waals surface area contributed by atoms with Crippen LogP contribution >= 0.6 is 0 Å². The van der Waals surface area contributed by atoms with Gasteiger partial charge in [0.25, 0.3) is 0 Å². The van der Waals surface area contributed by atoms with Gasteiger partial charge in [0.15, 0.2) is 5.78 Å². The molecule has 0 saturated carbocycles. The molecule has 0 aliphatic heterocycles. The summed E-state index contributed by atoms with van der Waals surface area (Å²) >= 11 is 0. The lowest BCUT2D eigenvalue weighted by Crippen LogP contribution is -2.20. The van der Waals surface area contributed by atoms with Gasteiger partial charge in [-0.15, -0.1) is 0 Å². The minimum absolute atomic E-state index is 0.0126. The number of rotatable bonds is 6. The molecule has 0 fully saturated rings. The van der Waals surface area contributed by atoms with E-state index in [1.165, 1.54) is 5.56 Å². The fourth-order valence-corrected chi connectivity index (χ4v) is 3.78. The minimum atomic E-state index is -0.151. The first-order valence-corrected chi connectivity index (χ1v) is 11.1. The third-order valence-corrected chi connectivity index (χ3v) is 5.51. The van der Waals surface area contributed by atoms with Crippen molar-refractivity contribution in [1.29, 1.82) is 5.26 Å². The second-order valence-corrected chi connectivity index (χ2v) is 8.07. The zero-order valence-corrected chi connectivity index (χ0v) is 19.0. The molecule has 0 aromatic heterocycles. The molecule has 1 unspecified atom stereocenters. The van der Waals surface area contributed by atoms with E-state index >= 15 is 0 Å². The zero-order valence-electron chi connectivity index (χ0n) is 19.0. The molecule has 0 spiro atoms. The van der Waals surface area contributed by atoms with Crippen LogP contribution in [-0.4, -0.2) is 11.8 Å². The second kappa shape index (κ2) is 10.8. The number of nitrogens with one attached hydrogen (secondary N) is 1. The molecule has 1 N–H and O–H groups in total. The number of nitriles is 1. The van der Waals surface area contributed by atoms with Gasteiger partial charge < -0.3 is 5.32 Å². The zero-order chi connectivity index (χ0) is 23.8. The van der Waals surface area contributed by atoms with Gasteiger partial charge in [-0.1, -0.05) is 78.6 Å². The fraction of sp³-hybridized carbons (Fsp3) is 0.0968. The van der Waals surface area contributed by atoms with Gasteiger partial charge in [-0.25, -0.2) is 0 Å². The highest BCUT2D eigenvalue weighted by molar-refractivity contribution is 6.09. The average molecular weight is 441 g/mol. The third kappa shape index (κ3) is 5.80. The van der Waals surface area contributed by atoms with Crippen LogP contribution in [-0.2, 0) is 6.42 Å². The van der Waals surface area contributed by atoms with Crippen LogP contribution < -0.4 is 5.32 Å². The van der Waals surface area contributed by atoms with Crippen LogP contribution in [0.15, 0.2) is 103 Å². The Morgan fingerprint density at radius 2 is 1.59 bits per heavy atom. The van der Waals surface area contributed by atoms with Crippen molar-refractivity contribution in [2.24, 2.45) is 0 Å². The summed E-state index contributed by atoms with van der Waals surface area (Å²) in [4.78, 5) is 12.8. The van der Waals surface area contributed by atoms with E-state index in [-0.39, 0.29) is 11.8 Å². The first-order chi connectivity index (χ1) is 16.6. The number of hydrogen-bond acceptors (Lipinski definition) is 3. The Hall–Kier alpha value is -4.60. The van der Waals surface area contributed by atoms with Crippen LogP contribution in [0.1, 0.15) is 38.2 Å². The highest BCUT2D eigenvalue weighted by Gasteiger charge is 2.12. The number of carbonyl (C=O) groups excluding carboxylic acids is 1. The van der Waals surface area contributed by atoms with Crippen molar-refractivity contribution in [1.82, 2.24) is 0 Å². The minimum Gasteiger partial charge on any atom is -0.371 e. The lowest BCUT2D eigenvalue weighted by molar-refractivity contribution is 0.103. The highest BCUT2D eigenvalue weighted by atomic mass is 16.1. The Kier molecular flexibility index (Phi) is 7.19. The molecule has 0 bridgehead atoms. The fourth-order valence-electron chi connectivity index (χ4n) is 3.78. The lowest BCUT2D eigenvalue weighted by atomic mass is 9.97. The summed E-state index contributed by atoms with van der Waals surface area (Å²) in [5.74, 6) is 6.63. The van der Waals surface area contributed by atoms with Crippen molar-refractivity contribution in [3.63, 3.8) is 0 Å². The van der Waals surface area contributed by atoms with E-state index in [4.69, 9.17) is 0 Å². The number of nitrogens with zero attached hydrogens (tertiary/aromatic N) is 1. The summed E-state index contributed by atoms with van der Waals surface area (Å²) < 4.78 is 0. The van der Waals surface area contributed by atoms with Gasteiger partial charge in [0.05, 0.1) is 17.7 Å². The maximum atomic E-state index is 12.8. The largest absolute Gasteiger partial charge is 0.371 e. The van der Waals surface area contributed by atoms with E-state index < -0.39 is 0 Å². The Labute approximate surface area is 200 Å². The van der Waals surface area contributed by atoms with Crippen LogP contribution in [0.4, 0.5) is 5.69 Å². The molecule has 4 aromatic rings. The van der Waals surface area contributed by atoms with E-state index in [0.29, 0.717) is 23.1 Å². The van der Waals surface area contributed by atoms with E-state index in [9.17, 15) is 10.1 Å². The Bertz CT molecular complexity index is 1390. The van der Waals surface area contributed by atoms with Crippen molar-refractivity contribution in [2.45, 2.75) is 19.4 Å². The molecular weight excluding hydrogens is 416 g/mol. The van der Waals surface area contributed by atoms with Crippen LogP contribution in [0.3, 0.4) is 0 Å². The number of hydrogen-bond donors (Lipinski definition) is 1. The molecule has 0 radical (unpaired) electrons. The van der Waals surface area contributed by atoms with Crippen molar-refractivity contribution in [3.8, 4) is 17.9 Å². The molecule has 4 aromatic carbocycles. The van der Waals surface area contributed by atoms with Crippen molar-refractivity contribution in [2.75, 3.05) is 5.32 Å². The number of aryl methyl sites for hydroxylation is 1. The van der Waals surface area contributed by atoms with E-state index in [1.54, 1.807) is 6.07 Å².